The molecule has 0 atom stereocenters. The van der Waals surface area contributed by atoms with Gasteiger partial charge in [0.15, 0.2) is 0 Å². The van der Waals surface area contributed by atoms with Crippen molar-refractivity contribution in [1.29, 1.82) is 0 Å². The maximum atomic E-state index is 13.1. The average molecular weight is 413 g/mol. The largest absolute Gasteiger partial charge is 0.326 e. The highest BCUT2D eigenvalue weighted by Gasteiger charge is 2.29. The third-order valence-electron chi connectivity index (χ3n) is 4.66. The van der Waals surface area contributed by atoms with Crippen molar-refractivity contribution in [3.8, 4) is 5.69 Å². The summed E-state index contributed by atoms with van der Waals surface area (Å²) >= 11 is 6.38. The number of carbonyl (C=O) groups is 2. The summed E-state index contributed by atoms with van der Waals surface area (Å²) in [6, 6.07) is 12.5. The number of rotatable bonds is 5. The van der Waals surface area contributed by atoms with Gasteiger partial charge in [0.1, 0.15) is 16.5 Å². The van der Waals surface area contributed by atoms with Gasteiger partial charge in [-0.2, -0.15) is 5.10 Å². The van der Waals surface area contributed by atoms with Crippen LogP contribution >= 0.6 is 11.6 Å². The Hall–Kier alpha value is -3.19. The van der Waals surface area contributed by atoms with E-state index in [1.54, 1.807) is 31.2 Å². The topological polar surface area (TPSA) is 76.0 Å². The Morgan fingerprint density at radius 1 is 1.03 bits per heavy atom. The molecule has 1 aliphatic carbocycles. The van der Waals surface area contributed by atoms with Crippen LogP contribution in [-0.2, 0) is 4.79 Å². The van der Waals surface area contributed by atoms with Crippen LogP contribution < -0.4 is 10.6 Å². The molecule has 8 heteroatoms. The van der Waals surface area contributed by atoms with Crippen molar-refractivity contribution >= 4 is 34.8 Å². The van der Waals surface area contributed by atoms with Crippen molar-refractivity contribution in [3.05, 3.63) is 70.8 Å². The second-order valence-corrected chi connectivity index (χ2v) is 7.29. The van der Waals surface area contributed by atoms with E-state index in [0.717, 1.165) is 12.8 Å². The first-order chi connectivity index (χ1) is 13.9. The number of aromatic nitrogens is 2. The predicted octanol–water partition coefficient (Wildman–Crippen LogP) is 4.57. The number of amides is 2. The molecule has 0 saturated heterocycles. The van der Waals surface area contributed by atoms with E-state index in [9.17, 15) is 14.0 Å². The number of aryl methyl sites for hydroxylation is 1. The summed E-state index contributed by atoms with van der Waals surface area (Å²) in [5.41, 5.74) is 2.48. The molecule has 0 spiro atoms. The van der Waals surface area contributed by atoms with E-state index < -0.39 is 5.91 Å². The zero-order valence-electron chi connectivity index (χ0n) is 15.6. The SMILES string of the molecule is Cc1nn(-c2ccc(F)cc2)c(Cl)c1C(=O)Nc1ccc(NC(=O)C2CC2)cc1. The highest BCUT2D eigenvalue weighted by Crippen LogP contribution is 2.30. The van der Waals surface area contributed by atoms with Gasteiger partial charge >= 0.3 is 0 Å². The molecule has 148 valence electrons. The quantitative estimate of drug-likeness (QED) is 0.644. The van der Waals surface area contributed by atoms with Gasteiger partial charge in [-0.3, -0.25) is 9.59 Å². The Morgan fingerprint density at radius 3 is 2.21 bits per heavy atom. The van der Waals surface area contributed by atoms with E-state index in [-0.39, 0.29) is 28.4 Å². The van der Waals surface area contributed by atoms with Crippen molar-refractivity contribution in [2.75, 3.05) is 10.6 Å². The zero-order chi connectivity index (χ0) is 20.5. The molecule has 1 aliphatic rings. The van der Waals surface area contributed by atoms with Crippen LogP contribution in [0.3, 0.4) is 0 Å². The lowest BCUT2D eigenvalue weighted by Gasteiger charge is -2.08. The molecule has 6 nitrogen and oxygen atoms in total. The van der Waals surface area contributed by atoms with Crippen molar-refractivity contribution in [1.82, 2.24) is 9.78 Å². The fourth-order valence-corrected chi connectivity index (χ4v) is 3.29. The molecule has 3 aromatic rings. The van der Waals surface area contributed by atoms with Crippen LogP contribution in [0, 0.1) is 18.7 Å². The monoisotopic (exact) mass is 412 g/mol. The molecule has 29 heavy (non-hydrogen) atoms. The van der Waals surface area contributed by atoms with Gasteiger partial charge in [-0.1, -0.05) is 11.6 Å². The predicted molar refractivity (Wildman–Crippen MR) is 109 cm³/mol. The minimum Gasteiger partial charge on any atom is -0.326 e. The first kappa shape index (κ1) is 19.1. The number of nitrogens with zero attached hydrogens (tertiary/aromatic N) is 2. The minimum atomic E-state index is -0.407. The van der Waals surface area contributed by atoms with Crippen LogP contribution in [0.4, 0.5) is 15.8 Å². The molecular formula is C21H18ClFN4O2. The third-order valence-corrected chi connectivity index (χ3v) is 5.01. The number of anilines is 2. The van der Waals surface area contributed by atoms with Gasteiger partial charge in [-0.25, -0.2) is 9.07 Å². The summed E-state index contributed by atoms with van der Waals surface area (Å²) in [5.74, 6) is -0.631. The molecule has 0 unspecified atom stereocenters. The Kier molecular flexibility index (Phi) is 5.07. The Bertz CT molecular complexity index is 1070. The Labute approximate surface area is 171 Å². The Morgan fingerprint density at radius 2 is 1.62 bits per heavy atom. The fraction of sp³-hybridized carbons (Fsp3) is 0.190. The van der Waals surface area contributed by atoms with Crippen LogP contribution in [0.5, 0.6) is 0 Å². The minimum absolute atomic E-state index is 0.0254. The van der Waals surface area contributed by atoms with E-state index in [1.807, 2.05) is 0 Å². The molecule has 4 rings (SSSR count). The summed E-state index contributed by atoms with van der Waals surface area (Å²) in [6.45, 7) is 1.68. The van der Waals surface area contributed by atoms with Gasteiger partial charge in [0.2, 0.25) is 5.91 Å². The molecule has 0 aliphatic heterocycles. The highest BCUT2D eigenvalue weighted by atomic mass is 35.5. The van der Waals surface area contributed by atoms with Crippen LogP contribution in [0.2, 0.25) is 5.15 Å². The smallest absolute Gasteiger partial charge is 0.260 e. The van der Waals surface area contributed by atoms with Crippen LogP contribution in [0.1, 0.15) is 28.9 Å². The van der Waals surface area contributed by atoms with Crippen LogP contribution in [0.15, 0.2) is 48.5 Å². The van der Waals surface area contributed by atoms with Crippen LogP contribution in [-0.4, -0.2) is 21.6 Å². The summed E-state index contributed by atoms with van der Waals surface area (Å²) < 4.78 is 14.5. The second-order valence-electron chi connectivity index (χ2n) is 6.93. The van der Waals surface area contributed by atoms with Gasteiger partial charge in [-0.15, -0.1) is 0 Å². The van der Waals surface area contributed by atoms with E-state index in [1.165, 1.54) is 28.9 Å². The Balaban J connectivity index is 1.49. The standard InChI is InChI=1S/C21H18ClFN4O2/c1-12-18(19(22)27(26-12)17-10-4-14(23)5-11-17)21(29)25-16-8-6-15(7-9-16)24-20(28)13-2-3-13/h4-11,13H,2-3H2,1H3,(H,24,28)(H,25,29). The summed E-state index contributed by atoms with van der Waals surface area (Å²) in [5, 5.41) is 10.1. The first-order valence-electron chi connectivity index (χ1n) is 9.15. The van der Waals surface area contributed by atoms with Gasteiger partial charge in [0.25, 0.3) is 5.91 Å². The van der Waals surface area contributed by atoms with Crippen molar-refractivity contribution in [3.63, 3.8) is 0 Å². The molecule has 1 fully saturated rings. The van der Waals surface area contributed by atoms with E-state index >= 15 is 0 Å². The number of benzene rings is 2. The van der Waals surface area contributed by atoms with Gasteiger partial charge in [0, 0.05) is 17.3 Å². The lowest BCUT2D eigenvalue weighted by Crippen LogP contribution is -2.14. The average Bonchev–Trinajstić information content (AvgIpc) is 3.50. The van der Waals surface area contributed by atoms with E-state index in [0.29, 0.717) is 22.8 Å². The summed E-state index contributed by atoms with van der Waals surface area (Å²) in [7, 11) is 0. The number of nitrogens with one attached hydrogen (secondary N) is 2. The third kappa shape index (κ3) is 4.14. The zero-order valence-corrected chi connectivity index (χ0v) is 16.3. The maximum absolute atomic E-state index is 13.1. The lowest BCUT2D eigenvalue weighted by molar-refractivity contribution is -0.117. The van der Waals surface area contributed by atoms with Gasteiger partial charge in [0.05, 0.1) is 11.4 Å². The van der Waals surface area contributed by atoms with Crippen molar-refractivity contribution < 1.29 is 14.0 Å². The van der Waals surface area contributed by atoms with Crippen molar-refractivity contribution in [2.45, 2.75) is 19.8 Å². The summed E-state index contributed by atoms with van der Waals surface area (Å²) in [6.07, 6.45) is 1.87. The molecule has 2 amide bonds. The molecule has 2 aromatic carbocycles. The maximum Gasteiger partial charge on any atom is 0.260 e. The summed E-state index contributed by atoms with van der Waals surface area (Å²) in [4.78, 5) is 24.5. The van der Waals surface area contributed by atoms with Gasteiger partial charge in [-0.05, 0) is 68.3 Å². The fourth-order valence-electron chi connectivity index (χ4n) is 2.93. The number of hydrogen-bond donors (Lipinski definition) is 2. The molecule has 1 heterocycles. The van der Waals surface area contributed by atoms with E-state index in [2.05, 4.69) is 15.7 Å². The molecule has 0 bridgehead atoms. The lowest BCUT2D eigenvalue weighted by atomic mass is 10.2. The van der Waals surface area contributed by atoms with Gasteiger partial charge < -0.3 is 10.6 Å². The number of hydrogen-bond acceptors (Lipinski definition) is 3. The second kappa shape index (κ2) is 7.67. The highest BCUT2D eigenvalue weighted by molar-refractivity contribution is 6.34. The first-order valence-corrected chi connectivity index (χ1v) is 9.53. The normalized spacial score (nSPS) is 13.2. The molecule has 0 radical (unpaired) electrons. The molecule has 2 N–H and O–H groups in total. The van der Waals surface area contributed by atoms with E-state index in [4.69, 9.17) is 11.6 Å². The number of carbonyl (C=O) groups excluding carboxylic acids is 2. The number of halogens is 2. The molecule has 1 saturated carbocycles. The molecule has 1 aromatic heterocycles. The molecular weight excluding hydrogens is 395 g/mol. The van der Waals surface area contributed by atoms with Crippen LogP contribution in [0.25, 0.3) is 5.69 Å². The van der Waals surface area contributed by atoms with Crippen molar-refractivity contribution in [2.24, 2.45) is 5.92 Å².